The molecule has 1 saturated carbocycles. The molecule has 0 bridgehead atoms. The van der Waals surface area contributed by atoms with Crippen LogP contribution in [-0.4, -0.2) is 63.3 Å². The Hall–Kier alpha value is -0.690. The quantitative estimate of drug-likeness (QED) is 0.570. The van der Waals surface area contributed by atoms with E-state index in [9.17, 15) is 9.90 Å². The summed E-state index contributed by atoms with van der Waals surface area (Å²) in [5.41, 5.74) is -0.815. The maximum Gasteiger partial charge on any atom is 0.323 e. The zero-order valence-corrected chi connectivity index (χ0v) is 11.8. The molecule has 0 aromatic heterocycles. The molecule has 1 aliphatic carbocycles. The van der Waals surface area contributed by atoms with E-state index >= 15 is 0 Å². The molecule has 112 valence electrons. The van der Waals surface area contributed by atoms with Crippen molar-refractivity contribution >= 4 is 5.97 Å². The van der Waals surface area contributed by atoms with Gasteiger partial charge in [-0.15, -0.1) is 0 Å². The number of methoxy groups -OCH3 is 1. The van der Waals surface area contributed by atoms with Gasteiger partial charge in [-0.3, -0.25) is 4.79 Å². The number of hydrogen-bond donors (Lipinski definition) is 2. The number of ether oxygens (including phenoxy) is 3. The topological polar surface area (TPSA) is 77.0 Å². The van der Waals surface area contributed by atoms with Crippen molar-refractivity contribution in [2.24, 2.45) is 0 Å². The molecule has 2 atom stereocenters. The lowest BCUT2D eigenvalue weighted by molar-refractivity contribution is -0.144. The van der Waals surface area contributed by atoms with Crippen LogP contribution < -0.4 is 5.32 Å². The Balaban J connectivity index is 2.10. The molecule has 2 unspecified atom stereocenters. The second-order valence-corrected chi connectivity index (χ2v) is 4.83. The van der Waals surface area contributed by atoms with Crippen molar-refractivity contribution in [3.05, 3.63) is 0 Å². The molecule has 0 heterocycles. The van der Waals surface area contributed by atoms with Crippen LogP contribution in [0.25, 0.3) is 0 Å². The highest BCUT2D eigenvalue weighted by Gasteiger charge is 2.44. The van der Waals surface area contributed by atoms with E-state index in [0.717, 1.165) is 12.8 Å². The molecule has 0 saturated heterocycles. The van der Waals surface area contributed by atoms with Gasteiger partial charge < -0.3 is 24.6 Å². The Labute approximate surface area is 114 Å². The van der Waals surface area contributed by atoms with Gasteiger partial charge in [0.2, 0.25) is 0 Å². The average molecular weight is 275 g/mol. The van der Waals surface area contributed by atoms with E-state index in [-0.39, 0.29) is 6.10 Å². The van der Waals surface area contributed by atoms with E-state index < -0.39 is 11.5 Å². The van der Waals surface area contributed by atoms with Crippen molar-refractivity contribution in [2.45, 2.75) is 37.3 Å². The average Bonchev–Trinajstić information content (AvgIpc) is 2.83. The smallest absolute Gasteiger partial charge is 0.323 e. The van der Waals surface area contributed by atoms with E-state index in [1.807, 2.05) is 0 Å². The molecule has 0 aromatic rings. The van der Waals surface area contributed by atoms with Gasteiger partial charge in [-0.1, -0.05) is 0 Å². The third-order valence-electron chi connectivity index (χ3n) is 3.58. The lowest BCUT2D eigenvalue weighted by atomic mass is 9.98. The Morgan fingerprint density at radius 2 is 2.16 bits per heavy atom. The zero-order valence-electron chi connectivity index (χ0n) is 11.8. The lowest BCUT2D eigenvalue weighted by Crippen LogP contribution is -2.48. The summed E-state index contributed by atoms with van der Waals surface area (Å²) in [4.78, 5) is 11.2. The molecule has 6 nitrogen and oxygen atoms in total. The first-order valence-corrected chi connectivity index (χ1v) is 6.75. The minimum Gasteiger partial charge on any atom is -0.480 e. The van der Waals surface area contributed by atoms with Gasteiger partial charge in [0.1, 0.15) is 5.54 Å². The van der Waals surface area contributed by atoms with Gasteiger partial charge in [0.05, 0.1) is 19.3 Å². The first kappa shape index (κ1) is 16.4. The van der Waals surface area contributed by atoms with Crippen LogP contribution in [0, 0.1) is 0 Å². The number of carbonyl (C=O) groups is 1. The highest BCUT2D eigenvalue weighted by atomic mass is 16.5. The van der Waals surface area contributed by atoms with Gasteiger partial charge in [-0.2, -0.15) is 0 Å². The molecule has 6 heteroatoms. The maximum absolute atomic E-state index is 11.2. The van der Waals surface area contributed by atoms with Crippen LogP contribution in [0.5, 0.6) is 0 Å². The minimum atomic E-state index is -0.815. The van der Waals surface area contributed by atoms with E-state index in [0.29, 0.717) is 39.3 Å². The second kappa shape index (κ2) is 8.47. The van der Waals surface area contributed by atoms with Crippen molar-refractivity contribution in [2.75, 3.05) is 40.6 Å². The van der Waals surface area contributed by atoms with Crippen molar-refractivity contribution in [1.29, 1.82) is 0 Å². The Morgan fingerprint density at radius 3 is 2.74 bits per heavy atom. The number of carboxylic acid groups (broad SMARTS) is 1. The Bertz CT molecular complexity index is 274. The van der Waals surface area contributed by atoms with Crippen molar-refractivity contribution in [3.63, 3.8) is 0 Å². The number of rotatable bonds is 10. The summed E-state index contributed by atoms with van der Waals surface area (Å²) in [7, 11) is 3.36. The second-order valence-electron chi connectivity index (χ2n) is 4.83. The van der Waals surface area contributed by atoms with E-state index in [1.54, 1.807) is 14.2 Å². The van der Waals surface area contributed by atoms with Gasteiger partial charge in [0.15, 0.2) is 0 Å². The molecule has 0 radical (unpaired) electrons. The maximum atomic E-state index is 11.2. The number of hydrogen-bond acceptors (Lipinski definition) is 5. The predicted molar refractivity (Wildman–Crippen MR) is 70.3 cm³/mol. The molecule has 0 spiro atoms. The van der Waals surface area contributed by atoms with Gasteiger partial charge in [-0.25, -0.2) is 0 Å². The number of nitrogens with one attached hydrogen (secondary N) is 1. The molecule has 0 aliphatic heterocycles. The van der Waals surface area contributed by atoms with E-state index in [2.05, 4.69) is 5.32 Å². The molecule has 1 fully saturated rings. The Kier molecular flexibility index (Phi) is 7.30. The van der Waals surface area contributed by atoms with Crippen LogP contribution >= 0.6 is 0 Å². The monoisotopic (exact) mass is 275 g/mol. The summed E-state index contributed by atoms with van der Waals surface area (Å²) in [6.07, 6.45) is 2.78. The summed E-state index contributed by atoms with van der Waals surface area (Å²) < 4.78 is 16.0. The summed E-state index contributed by atoms with van der Waals surface area (Å²) in [6, 6.07) is 0. The van der Waals surface area contributed by atoms with Gasteiger partial charge in [0.25, 0.3) is 0 Å². The molecular weight excluding hydrogens is 250 g/mol. The molecule has 1 aliphatic rings. The normalized spacial score (nSPS) is 26.7. The summed E-state index contributed by atoms with van der Waals surface area (Å²) in [5, 5.41) is 12.1. The fraction of sp³-hybridized carbons (Fsp3) is 0.923. The SMILES string of the molecule is CNC1(C(=O)O)CCC(OCCOCCCOC)C1. The highest BCUT2D eigenvalue weighted by molar-refractivity contribution is 5.79. The van der Waals surface area contributed by atoms with Gasteiger partial charge >= 0.3 is 5.97 Å². The van der Waals surface area contributed by atoms with Crippen LogP contribution in [0.4, 0.5) is 0 Å². The van der Waals surface area contributed by atoms with E-state index in [1.165, 1.54) is 0 Å². The van der Waals surface area contributed by atoms with Crippen LogP contribution in [-0.2, 0) is 19.0 Å². The first-order valence-electron chi connectivity index (χ1n) is 6.75. The molecule has 2 N–H and O–H groups in total. The van der Waals surface area contributed by atoms with Crippen LogP contribution in [0.3, 0.4) is 0 Å². The summed E-state index contributed by atoms with van der Waals surface area (Å²) in [6.45, 7) is 2.42. The summed E-state index contributed by atoms with van der Waals surface area (Å²) >= 11 is 0. The minimum absolute atomic E-state index is 0.00567. The van der Waals surface area contributed by atoms with Crippen molar-refractivity contribution in [3.8, 4) is 0 Å². The van der Waals surface area contributed by atoms with Crippen LogP contribution in [0.15, 0.2) is 0 Å². The third kappa shape index (κ3) is 5.06. The highest BCUT2D eigenvalue weighted by Crippen LogP contribution is 2.31. The molecule has 19 heavy (non-hydrogen) atoms. The molecule has 0 aromatic carbocycles. The van der Waals surface area contributed by atoms with E-state index in [4.69, 9.17) is 14.2 Å². The fourth-order valence-corrected chi connectivity index (χ4v) is 2.35. The van der Waals surface area contributed by atoms with Crippen LogP contribution in [0.1, 0.15) is 25.7 Å². The summed E-state index contributed by atoms with van der Waals surface area (Å²) in [5.74, 6) is -0.795. The predicted octanol–water partition coefficient (Wildman–Crippen LogP) is 0.651. The number of likely N-dealkylation sites (N-methyl/N-ethyl adjacent to an activating group) is 1. The first-order chi connectivity index (χ1) is 9.14. The Morgan fingerprint density at radius 1 is 1.37 bits per heavy atom. The van der Waals surface area contributed by atoms with Crippen molar-refractivity contribution in [1.82, 2.24) is 5.32 Å². The molecule has 1 rings (SSSR count). The fourth-order valence-electron chi connectivity index (χ4n) is 2.35. The third-order valence-corrected chi connectivity index (χ3v) is 3.58. The zero-order chi connectivity index (χ0) is 14.1. The van der Waals surface area contributed by atoms with Gasteiger partial charge in [0, 0.05) is 26.7 Å². The molecule has 0 amide bonds. The van der Waals surface area contributed by atoms with Crippen molar-refractivity contribution < 1.29 is 24.1 Å². The van der Waals surface area contributed by atoms with Gasteiger partial charge in [-0.05, 0) is 26.3 Å². The number of aliphatic carboxylic acids is 1. The standard InChI is InChI=1S/C13H25NO5/c1-14-13(12(15)16)5-4-11(10-13)19-9-8-18-7-3-6-17-2/h11,14H,3-10H2,1-2H3,(H,15,16). The molecular formula is C13H25NO5. The van der Waals surface area contributed by atoms with Crippen LogP contribution in [0.2, 0.25) is 0 Å². The lowest BCUT2D eigenvalue weighted by Gasteiger charge is -2.23. The number of carboxylic acids is 1. The largest absolute Gasteiger partial charge is 0.480 e.